The third kappa shape index (κ3) is 4.48. The van der Waals surface area contributed by atoms with Crippen molar-refractivity contribution in [2.45, 2.75) is 50.3 Å². The van der Waals surface area contributed by atoms with E-state index in [0.717, 1.165) is 41.8 Å². The quantitative estimate of drug-likeness (QED) is 0.458. The molecule has 0 spiro atoms. The van der Waals surface area contributed by atoms with Gasteiger partial charge < -0.3 is 14.5 Å². The molecule has 3 aliphatic rings. The third-order valence-electron chi connectivity index (χ3n) is 7.76. The highest BCUT2D eigenvalue weighted by Gasteiger charge is 2.39. The second-order valence-electron chi connectivity index (χ2n) is 9.92. The summed E-state index contributed by atoms with van der Waals surface area (Å²) in [6, 6.07) is 18.4. The Labute approximate surface area is 217 Å². The summed E-state index contributed by atoms with van der Waals surface area (Å²) in [5, 5.41) is 0.553. The summed E-state index contributed by atoms with van der Waals surface area (Å²) >= 11 is 6.65. The smallest absolute Gasteiger partial charge is 0.258 e. The zero-order valence-electron chi connectivity index (χ0n) is 20.3. The molecule has 3 atom stereocenters. The van der Waals surface area contributed by atoms with Crippen molar-refractivity contribution in [2.75, 3.05) is 18.5 Å². The molecule has 0 N–H and O–H groups in total. The maximum Gasteiger partial charge on any atom is 0.258 e. The number of hydrogen-bond acceptors (Lipinski definition) is 4. The summed E-state index contributed by atoms with van der Waals surface area (Å²) in [6.07, 6.45) is 7.28. The molecule has 3 aliphatic heterocycles. The number of anilines is 1. The number of nitrogens with zero attached hydrogens (tertiary/aromatic N) is 3. The lowest BCUT2D eigenvalue weighted by atomic mass is 9.96. The van der Waals surface area contributed by atoms with Crippen LogP contribution in [0.15, 0.2) is 60.8 Å². The van der Waals surface area contributed by atoms with E-state index in [2.05, 4.69) is 28.8 Å². The number of carbonyl (C=O) groups excluding carboxylic acids is 1. The number of carbonyl (C=O) groups is 1. The van der Waals surface area contributed by atoms with Gasteiger partial charge in [-0.1, -0.05) is 23.6 Å². The van der Waals surface area contributed by atoms with Gasteiger partial charge in [0, 0.05) is 41.6 Å². The molecule has 0 saturated carbocycles. The predicted molar refractivity (Wildman–Crippen MR) is 142 cm³/mol. The minimum atomic E-state index is -0.0166. The first kappa shape index (κ1) is 23.1. The average Bonchev–Trinajstić information content (AvgIpc) is 3.09. The fraction of sp³-hybridized carbons (Fsp3) is 0.333. The Kier molecular flexibility index (Phi) is 6.17. The second-order valence-corrected chi connectivity index (χ2v) is 10.3. The lowest BCUT2D eigenvalue weighted by molar-refractivity contribution is 0.0662. The number of benzene rings is 2. The van der Waals surface area contributed by atoms with Crippen LogP contribution in [-0.4, -0.2) is 47.6 Å². The molecule has 0 aliphatic carbocycles. The van der Waals surface area contributed by atoms with E-state index in [-0.39, 0.29) is 12.0 Å². The second kappa shape index (κ2) is 9.61. The maximum atomic E-state index is 13.3. The van der Waals surface area contributed by atoms with Gasteiger partial charge in [-0.25, -0.2) is 4.98 Å². The van der Waals surface area contributed by atoms with Gasteiger partial charge in [-0.05, 0) is 99.2 Å². The monoisotopic (exact) mass is 497 g/mol. The first-order valence-corrected chi connectivity index (χ1v) is 13.0. The number of halogens is 1. The maximum absolute atomic E-state index is 13.3. The van der Waals surface area contributed by atoms with E-state index in [4.69, 9.17) is 16.3 Å². The van der Waals surface area contributed by atoms with Gasteiger partial charge >= 0.3 is 0 Å². The van der Waals surface area contributed by atoms with Crippen LogP contribution in [0.1, 0.15) is 52.9 Å². The fourth-order valence-corrected chi connectivity index (χ4v) is 6.00. The van der Waals surface area contributed by atoms with Crippen LogP contribution < -0.4 is 9.64 Å². The van der Waals surface area contributed by atoms with Gasteiger partial charge in [-0.2, -0.15) is 0 Å². The molecule has 182 valence electrons. The van der Waals surface area contributed by atoms with E-state index in [1.165, 1.54) is 12.8 Å². The van der Waals surface area contributed by atoms with E-state index < -0.39 is 0 Å². The lowest BCUT2D eigenvalue weighted by Crippen LogP contribution is -2.43. The van der Waals surface area contributed by atoms with Crippen molar-refractivity contribution in [2.24, 2.45) is 0 Å². The highest BCUT2D eigenvalue weighted by atomic mass is 35.5. The minimum absolute atomic E-state index is 0.0166. The third-order valence-corrected chi connectivity index (χ3v) is 8.06. The summed E-state index contributed by atoms with van der Waals surface area (Å²) in [4.78, 5) is 21.9. The first-order chi connectivity index (χ1) is 17.5. The molecular formula is C30H28ClN3O2. The predicted octanol–water partition coefficient (Wildman–Crippen LogP) is 5.34. The van der Waals surface area contributed by atoms with Crippen LogP contribution in [0, 0.1) is 11.8 Å². The number of aromatic nitrogens is 1. The van der Waals surface area contributed by atoms with Crippen molar-refractivity contribution in [3.8, 4) is 17.6 Å². The summed E-state index contributed by atoms with van der Waals surface area (Å²) in [6.45, 7) is 0.595. The highest BCUT2D eigenvalue weighted by Crippen LogP contribution is 2.38. The summed E-state index contributed by atoms with van der Waals surface area (Å²) in [5.41, 5.74) is 4.14. The summed E-state index contributed by atoms with van der Waals surface area (Å²) in [7, 11) is 2.23. The molecule has 4 heterocycles. The Hall–Kier alpha value is -3.33. The van der Waals surface area contributed by atoms with Crippen molar-refractivity contribution in [3.63, 3.8) is 0 Å². The highest BCUT2D eigenvalue weighted by molar-refractivity contribution is 6.32. The molecule has 6 heteroatoms. The number of ether oxygens (including phenoxy) is 1. The molecule has 1 amide bonds. The molecule has 2 bridgehead atoms. The van der Waals surface area contributed by atoms with Crippen LogP contribution in [0.4, 0.5) is 5.69 Å². The van der Waals surface area contributed by atoms with Gasteiger partial charge in [0.05, 0.1) is 5.02 Å². The van der Waals surface area contributed by atoms with E-state index in [1.54, 1.807) is 11.1 Å². The zero-order chi connectivity index (χ0) is 24.6. The lowest BCUT2D eigenvalue weighted by Gasteiger charge is -2.36. The van der Waals surface area contributed by atoms with Crippen molar-refractivity contribution >= 4 is 23.2 Å². The van der Waals surface area contributed by atoms with Gasteiger partial charge in [0.15, 0.2) is 0 Å². The van der Waals surface area contributed by atoms with E-state index in [1.807, 2.05) is 54.6 Å². The Morgan fingerprint density at radius 2 is 1.86 bits per heavy atom. The van der Waals surface area contributed by atoms with Crippen molar-refractivity contribution in [3.05, 3.63) is 88.2 Å². The molecule has 3 aromatic rings. The van der Waals surface area contributed by atoms with Gasteiger partial charge in [0.2, 0.25) is 0 Å². The molecule has 2 aromatic carbocycles. The molecule has 1 aromatic heterocycles. The standard InChI is InChI=1S/C30H28ClN3O2/c1-33-23-8-9-24(33)18-26(17-23)36-29-12-10-25(19-28(29)31)34-15-13-21-16-20(6-11-27(21)30(34)35)5-7-22-4-2-3-14-32-22/h2-4,6,10-12,14,16,19,23-24,26H,8-9,13,15,17-18H2,1H3/t23-,24+,26?. The largest absolute Gasteiger partial charge is 0.489 e. The Morgan fingerprint density at radius 3 is 2.61 bits per heavy atom. The van der Waals surface area contributed by atoms with Crippen LogP contribution in [0.3, 0.4) is 0 Å². The first-order valence-electron chi connectivity index (χ1n) is 12.6. The van der Waals surface area contributed by atoms with Gasteiger partial charge in [0.1, 0.15) is 17.5 Å². The van der Waals surface area contributed by atoms with E-state index in [0.29, 0.717) is 35.0 Å². The van der Waals surface area contributed by atoms with Crippen LogP contribution in [-0.2, 0) is 6.42 Å². The molecule has 2 saturated heterocycles. The molecule has 2 fully saturated rings. The van der Waals surface area contributed by atoms with E-state index >= 15 is 0 Å². The molecule has 1 unspecified atom stereocenters. The molecule has 0 radical (unpaired) electrons. The van der Waals surface area contributed by atoms with Gasteiger partial charge in [0.25, 0.3) is 5.91 Å². The molecule has 36 heavy (non-hydrogen) atoms. The number of fused-ring (bicyclic) bond motifs is 3. The van der Waals surface area contributed by atoms with Crippen LogP contribution in [0.25, 0.3) is 0 Å². The normalized spacial score (nSPS) is 23.1. The molecule has 5 nitrogen and oxygen atoms in total. The number of hydrogen-bond donors (Lipinski definition) is 0. The fourth-order valence-electron chi connectivity index (χ4n) is 5.78. The van der Waals surface area contributed by atoms with Crippen molar-refractivity contribution < 1.29 is 9.53 Å². The summed E-state index contributed by atoms with van der Waals surface area (Å²) in [5.74, 6) is 6.92. The number of pyridine rings is 1. The number of amides is 1. The number of rotatable bonds is 3. The van der Waals surface area contributed by atoms with Gasteiger partial charge in [-0.15, -0.1) is 0 Å². The molecular weight excluding hydrogens is 470 g/mol. The van der Waals surface area contributed by atoms with Crippen LogP contribution >= 0.6 is 11.6 Å². The van der Waals surface area contributed by atoms with Crippen molar-refractivity contribution in [1.29, 1.82) is 0 Å². The Morgan fingerprint density at radius 1 is 1.03 bits per heavy atom. The molecule has 6 rings (SSSR count). The Balaban J connectivity index is 1.16. The van der Waals surface area contributed by atoms with Crippen LogP contribution in [0.2, 0.25) is 5.02 Å². The zero-order valence-corrected chi connectivity index (χ0v) is 21.0. The summed E-state index contributed by atoms with van der Waals surface area (Å²) < 4.78 is 6.33. The SMILES string of the molecule is CN1[C@@H]2CC[C@H]1CC(Oc1ccc(N3CCc4cc(C#Cc5ccccn5)ccc4C3=O)cc1Cl)C2. The van der Waals surface area contributed by atoms with Gasteiger partial charge in [-0.3, -0.25) is 4.79 Å². The van der Waals surface area contributed by atoms with Crippen LogP contribution in [0.5, 0.6) is 5.75 Å². The van der Waals surface area contributed by atoms with Crippen molar-refractivity contribution in [1.82, 2.24) is 9.88 Å². The topological polar surface area (TPSA) is 45.7 Å². The minimum Gasteiger partial charge on any atom is -0.489 e. The number of piperidine rings is 1. The Bertz CT molecular complexity index is 1350. The van der Waals surface area contributed by atoms with E-state index in [9.17, 15) is 4.79 Å². The average molecular weight is 498 g/mol.